The van der Waals surface area contributed by atoms with E-state index in [0.29, 0.717) is 13.0 Å². The summed E-state index contributed by atoms with van der Waals surface area (Å²) in [6.07, 6.45) is 2.28. The fourth-order valence-electron chi connectivity index (χ4n) is 3.71. The van der Waals surface area contributed by atoms with Gasteiger partial charge in [0.2, 0.25) is 5.91 Å². The number of hydrogen-bond donors (Lipinski definition) is 1. The number of benzene rings is 1. The molecule has 4 rings (SSSR count). The van der Waals surface area contributed by atoms with E-state index in [1.54, 1.807) is 11.3 Å². The zero-order valence-electron chi connectivity index (χ0n) is 17.3. The SMILES string of the molecule is Cc1csc(Nc2cccc(C3CCCN3C(=O)CCOc3ccccc3C)n2)n1. The van der Waals surface area contributed by atoms with Crippen LogP contribution >= 0.6 is 11.3 Å². The number of para-hydroxylation sites is 1. The van der Waals surface area contributed by atoms with Crippen LogP contribution in [0.1, 0.15) is 42.3 Å². The maximum Gasteiger partial charge on any atom is 0.226 e. The topological polar surface area (TPSA) is 67.4 Å². The molecule has 1 N–H and O–H groups in total. The van der Waals surface area contributed by atoms with Gasteiger partial charge in [0.25, 0.3) is 0 Å². The number of aryl methyl sites for hydroxylation is 2. The van der Waals surface area contributed by atoms with Gasteiger partial charge < -0.3 is 15.0 Å². The van der Waals surface area contributed by atoms with Gasteiger partial charge in [-0.2, -0.15) is 0 Å². The highest BCUT2D eigenvalue weighted by atomic mass is 32.1. The summed E-state index contributed by atoms with van der Waals surface area (Å²) < 4.78 is 5.82. The molecular weight excluding hydrogens is 396 g/mol. The Kier molecular flexibility index (Phi) is 6.28. The molecule has 3 aromatic rings. The first kappa shape index (κ1) is 20.3. The summed E-state index contributed by atoms with van der Waals surface area (Å²) in [4.78, 5) is 24.0. The van der Waals surface area contributed by atoms with E-state index in [4.69, 9.17) is 9.72 Å². The van der Waals surface area contributed by atoms with Crippen molar-refractivity contribution in [1.29, 1.82) is 0 Å². The van der Waals surface area contributed by atoms with E-state index >= 15 is 0 Å². The zero-order chi connectivity index (χ0) is 20.9. The lowest BCUT2D eigenvalue weighted by molar-refractivity contribution is -0.132. The fourth-order valence-corrected chi connectivity index (χ4v) is 4.41. The molecule has 6 nitrogen and oxygen atoms in total. The summed E-state index contributed by atoms with van der Waals surface area (Å²) >= 11 is 1.56. The van der Waals surface area contributed by atoms with Crippen molar-refractivity contribution in [1.82, 2.24) is 14.9 Å². The summed E-state index contributed by atoms with van der Waals surface area (Å²) in [5.41, 5.74) is 2.98. The van der Waals surface area contributed by atoms with Crippen molar-refractivity contribution in [3.8, 4) is 5.75 Å². The number of carbonyl (C=O) groups is 1. The summed E-state index contributed by atoms with van der Waals surface area (Å²) in [5.74, 6) is 1.70. The van der Waals surface area contributed by atoms with Crippen molar-refractivity contribution in [2.24, 2.45) is 0 Å². The molecule has 0 radical (unpaired) electrons. The van der Waals surface area contributed by atoms with Crippen LogP contribution < -0.4 is 10.1 Å². The molecule has 0 spiro atoms. The first-order valence-corrected chi connectivity index (χ1v) is 11.1. The van der Waals surface area contributed by atoms with Gasteiger partial charge in [-0.1, -0.05) is 24.3 Å². The van der Waals surface area contributed by atoms with Crippen LogP contribution in [0, 0.1) is 13.8 Å². The molecule has 1 aromatic carbocycles. The van der Waals surface area contributed by atoms with Gasteiger partial charge in [-0.3, -0.25) is 4.79 Å². The lowest BCUT2D eigenvalue weighted by Gasteiger charge is -2.25. The predicted molar refractivity (Wildman–Crippen MR) is 119 cm³/mol. The Labute approximate surface area is 180 Å². The number of carbonyl (C=O) groups excluding carboxylic acids is 1. The lowest BCUT2D eigenvalue weighted by Crippen LogP contribution is -2.32. The van der Waals surface area contributed by atoms with Crippen molar-refractivity contribution >= 4 is 28.2 Å². The van der Waals surface area contributed by atoms with Crippen molar-refractivity contribution in [2.75, 3.05) is 18.5 Å². The number of thiazole rings is 1. The Morgan fingerprint density at radius 3 is 2.87 bits per heavy atom. The third-order valence-electron chi connectivity index (χ3n) is 5.21. The molecule has 1 aliphatic rings. The number of anilines is 2. The first-order chi connectivity index (χ1) is 14.6. The van der Waals surface area contributed by atoms with Crippen LogP contribution in [0.2, 0.25) is 0 Å². The molecule has 1 fully saturated rings. The summed E-state index contributed by atoms with van der Waals surface area (Å²) in [7, 11) is 0. The summed E-state index contributed by atoms with van der Waals surface area (Å²) in [6.45, 7) is 5.12. The van der Waals surface area contributed by atoms with Crippen molar-refractivity contribution < 1.29 is 9.53 Å². The molecule has 3 heterocycles. The molecule has 1 saturated heterocycles. The van der Waals surface area contributed by atoms with Crippen LogP contribution in [0.15, 0.2) is 47.8 Å². The Hall–Kier alpha value is -2.93. The Balaban J connectivity index is 1.38. The molecule has 0 aliphatic carbocycles. The molecular formula is C23H26N4O2S. The van der Waals surface area contributed by atoms with E-state index in [9.17, 15) is 4.79 Å². The highest BCUT2D eigenvalue weighted by Gasteiger charge is 2.30. The van der Waals surface area contributed by atoms with E-state index in [2.05, 4.69) is 10.3 Å². The van der Waals surface area contributed by atoms with E-state index < -0.39 is 0 Å². The number of nitrogens with zero attached hydrogens (tertiary/aromatic N) is 3. The van der Waals surface area contributed by atoms with Gasteiger partial charge in [0.15, 0.2) is 5.13 Å². The van der Waals surface area contributed by atoms with Crippen LogP contribution in [0.25, 0.3) is 0 Å². The molecule has 156 valence electrons. The summed E-state index contributed by atoms with van der Waals surface area (Å²) in [5, 5.41) is 6.09. The van der Waals surface area contributed by atoms with Crippen LogP contribution in [-0.4, -0.2) is 33.9 Å². The van der Waals surface area contributed by atoms with Crippen LogP contribution in [-0.2, 0) is 4.79 Å². The third-order valence-corrected chi connectivity index (χ3v) is 6.08. The van der Waals surface area contributed by atoms with Crippen LogP contribution in [0.4, 0.5) is 10.9 Å². The number of rotatable bonds is 7. The minimum absolute atomic E-state index is 0.00995. The Bertz CT molecular complexity index is 1020. The Morgan fingerprint density at radius 1 is 1.20 bits per heavy atom. The minimum Gasteiger partial charge on any atom is -0.493 e. The lowest BCUT2D eigenvalue weighted by atomic mass is 10.1. The average Bonchev–Trinajstić information content (AvgIpc) is 3.39. The maximum atomic E-state index is 12.9. The van der Waals surface area contributed by atoms with E-state index in [1.165, 1.54) is 0 Å². The standard InChI is InChI=1S/C23H26N4O2S/c1-16-7-3-4-10-20(16)29-14-12-22(28)27-13-6-9-19(27)18-8-5-11-21(25-18)26-23-24-17(2)15-30-23/h3-5,7-8,10-11,15,19H,6,9,12-14H2,1-2H3,(H,24,25,26). The van der Waals surface area contributed by atoms with Gasteiger partial charge in [-0.25, -0.2) is 9.97 Å². The fraction of sp³-hybridized carbons (Fsp3) is 0.348. The zero-order valence-corrected chi connectivity index (χ0v) is 18.1. The van der Waals surface area contributed by atoms with Gasteiger partial charge in [0.05, 0.1) is 30.5 Å². The van der Waals surface area contributed by atoms with Gasteiger partial charge in [-0.15, -0.1) is 11.3 Å². The van der Waals surface area contributed by atoms with Gasteiger partial charge in [0.1, 0.15) is 11.6 Å². The normalized spacial score (nSPS) is 15.9. The van der Waals surface area contributed by atoms with Gasteiger partial charge in [-0.05, 0) is 50.5 Å². The molecule has 1 atom stereocenters. The maximum absolute atomic E-state index is 12.9. The average molecular weight is 423 g/mol. The third kappa shape index (κ3) is 4.79. The van der Waals surface area contributed by atoms with Crippen molar-refractivity contribution in [2.45, 2.75) is 39.2 Å². The number of nitrogens with one attached hydrogen (secondary N) is 1. The van der Waals surface area contributed by atoms with Crippen molar-refractivity contribution in [3.63, 3.8) is 0 Å². The minimum atomic E-state index is 0.00995. The second-order valence-corrected chi connectivity index (χ2v) is 8.33. The summed E-state index contributed by atoms with van der Waals surface area (Å²) in [6, 6.07) is 13.8. The molecule has 1 unspecified atom stereocenters. The molecule has 0 saturated carbocycles. The smallest absolute Gasteiger partial charge is 0.226 e. The molecule has 30 heavy (non-hydrogen) atoms. The van der Waals surface area contributed by atoms with E-state index in [-0.39, 0.29) is 11.9 Å². The highest BCUT2D eigenvalue weighted by Crippen LogP contribution is 2.32. The quantitative estimate of drug-likeness (QED) is 0.578. The van der Waals surface area contributed by atoms with Crippen molar-refractivity contribution in [3.05, 3.63) is 64.8 Å². The number of amides is 1. The number of likely N-dealkylation sites (tertiary alicyclic amines) is 1. The first-order valence-electron chi connectivity index (χ1n) is 10.2. The number of ether oxygens (including phenoxy) is 1. The van der Waals surface area contributed by atoms with Crippen LogP contribution in [0.5, 0.6) is 5.75 Å². The number of aromatic nitrogens is 2. The van der Waals surface area contributed by atoms with Gasteiger partial charge in [0, 0.05) is 11.9 Å². The van der Waals surface area contributed by atoms with Gasteiger partial charge >= 0.3 is 0 Å². The molecule has 2 aromatic heterocycles. The van der Waals surface area contributed by atoms with E-state index in [0.717, 1.165) is 53.0 Å². The Morgan fingerprint density at radius 2 is 2.07 bits per heavy atom. The predicted octanol–water partition coefficient (Wildman–Crippen LogP) is 5.03. The number of hydrogen-bond acceptors (Lipinski definition) is 6. The molecule has 1 aliphatic heterocycles. The van der Waals surface area contributed by atoms with E-state index in [1.807, 2.05) is 66.6 Å². The second kappa shape index (κ2) is 9.26. The largest absolute Gasteiger partial charge is 0.493 e. The monoisotopic (exact) mass is 422 g/mol. The highest BCUT2D eigenvalue weighted by molar-refractivity contribution is 7.13. The molecule has 7 heteroatoms. The molecule has 1 amide bonds. The van der Waals surface area contributed by atoms with Crippen LogP contribution in [0.3, 0.4) is 0 Å². The molecule has 0 bridgehead atoms. The number of pyridine rings is 1. The second-order valence-electron chi connectivity index (χ2n) is 7.48.